The molecule has 39 heavy (non-hydrogen) atoms. The van der Waals surface area contributed by atoms with Crippen molar-refractivity contribution in [3.63, 3.8) is 0 Å². The minimum atomic E-state index is -4.15. The Hall–Kier alpha value is -3.43. The van der Waals surface area contributed by atoms with Crippen molar-refractivity contribution in [2.45, 2.75) is 56.1 Å². The van der Waals surface area contributed by atoms with Crippen molar-refractivity contribution < 1.29 is 22.4 Å². The Balaban J connectivity index is 1.66. The van der Waals surface area contributed by atoms with E-state index in [2.05, 4.69) is 5.32 Å². The summed E-state index contributed by atoms with van der Waals surface area (Å²) >= 11 is 6.04. The van der Waals surface area contributed by atoms with Crippen LogP contribution in [0.15, 0.2) is 83.8 Å². The van der Waals surface area contributed by atoms with Gasteiger partial charge in [0.15, 0.2) is 0 Å². The normalized spacial score (nSPS) is 14.5. The average Bonchev–Trinajstić information content (AvgIpc) is 3.45. The lowest BCUT2D eigenvalue weighted by Crippen LogP contribution is -2.52. The van der Waals surface area contributed by atoms with Crippen LogP contribution in [0.4, 0.5) is 10.1 Å². The Labute approximate surface area is 233 Å². The van der Waals surface area contributed by atoms with Gasteiger partial charge in [-0.05, 0) is 73.9 Å². The SMILES string of the molecule is C[C@H](C(=O)NC1CCCC1)N(Cc1ccc(F)cc1)C(=O)CN(c1ccc(Cl)cc1)S(=O)(=O)c1ccccc1. The summed E-state index contributed by atoms with van der Waals surface area (Å²) in [6.45, 7) is 1.06. The quantitative estimate of drug-likeness (QED) is 0.365. The van der Waals surface area contributed by atoms with Gasteiger partial charge in [0.25, 0.3) is 10.0 Å². The smallest absolute Gasteiger partial charge is 0.264 e. The van der Waals surface area contributed by atoms with Crippen molar-refractivity contribution in [1.82, 2.24) is 10.2 Å². The van der Waals surface area contributed by atoms with Gasteiger partial charge in [0.1, 0.15) is 18.4 Å². The first-order valence-corrected chi connectivity index (χ1v) is 14.6. The van der Waals surface area contributed by atoms with Crippen LogP contribution in [0.3, 0.4) is 0 Å². The summed E-state index contributed by atoms with van der Waals surface area (Å²) in [6, 6.07) is 18.7. The van der Waals surface area contributed by atoms with Crippen molar-refractivity contribution in [1.29, 1.82) is 0 Å². The van der Waals surface area contributed by atoms with E-state index in [1.54, 1.807) is 37.3 Å². The molecule has 1 aliphatic carbocycles. The second kappa shape index (κ2) is 12.6. The van der Waals surface area contributed by atoms with Crippen LogP contribution in [0.1, 0.15) is 38.2 Å². The van der Waals surface area contributed by atoms with Gasteiger partial charge in [-0.2, -0.15) is 0 Å². The zero-order chi connectivity index (χ0) is 28.0. The van der Waals surface area contributed by atoms with E-state index < -0.39 is 34.3 Å². The molecule has 3 aromatic carbocycles. The van der Waals surface area contributed by atoms with E-state index in [1.807, 2.05) is 0 Å². The molecule has 0 radical (unpaired) electrons. The predicted molar refractivity (Wildman–Crippen MR) is 149 cm³/mol. The van der Waals surface area contributed by atoms with Crippen LogP contribution in [-0.2, 0) is 26.2 Å². The third-order valence-corrected chi connectivity index (χ3v) is 8.90. The molecular weight excluding hydrogens is 541 g/mol. The van der Waals surface area contributed by atoms with Gasteiger partial charge in [-0.15, -0.1) is 0 Å². The lowest BCUT2D eigenvalue weighted by molar-refractivity contribution is -0.139. The number of hydrogen-bond donors (Lipinski definition) is 1. The molecule has 7 nitrogen and oxygen atoms in total. The standard InChI is InChI=1S/C29H31ClFN3O4S/c1-21(29(36)32-25-7-5-6-8-25)33(19-22-11-15-24(31)16-12-22)28(35)20-34(26-17-13-23(30)14-18-26)39(37,38)27-9-3-2-4-10-27/h2-4,9-18,21,25H,5-8,19-20H2,1H3,(H,32,36)/t21-/m1/s1. The van der Waals surface area contributed by atoms with Gasteiger partial charge in [-0.25, -0.2) is 12.8 Å². The van der Waals surface area contributed by atoms with Gasteiger partial charge in [0, 0.05) is 17.6 Å². The van der Waals surface area contributed by atoms with E-state index in [4.69, 9.17) is 11.6 Å². The maximum atomic E-state index is 13.9. The molecule has 0 unspecified atom stereocenters. The van der Waals surface area contributed by atoms with Crippen molar-refractivity contribution in [3.05, 3.63) is 95.3 Å². The van der Waals surface area contributed by atoms with Gasteiger partial charge in [0.2, 0.25) is 11.8 Å². The molecular formula is C29H31ClFN3O4S. The number of nitrogens with one attached hydrogen (secondary N) is 1. The molecule has 0 bridgehead atoms. The lowest BCUT2D eigenvalue weighted by Gasteiger charge is -2.32. The number of sulfonamides is 1. The molecule has 1 N–H and O–H groups in total. The number of anilines is 1. The van der Waals surface area contributed by atoms with E-state index in [9.17, 15) is 22.4 Å². The monoisotopic (exact) mass is 571 g/mol. The maximum Gasteiger partial charge on any atom is 0.264 e. The number of hydrogen-bond acceptors (Lipinski definition) is 4. The molecule has 0 aliphatic heterocycles. The maximum absolute atomic E-state index is 13.9. The Morgan fingerprint density at radius 3 is 2.21 bits per heavy atom. The van der Waals surface area contributed by atoms with E-state index in [-0.39, 0.29) is 29.1 Å². The van der Waals surface area contributed by atoms with E-state index in [0.717, 1.165) is 30.0 Å². The molecule has 1 fully saturated rings. The molecule has 2 amide bonds. The van der Waals surface area contributed by atoms with E-state index in [1.165, 1.54) is 53.4 Å². The Morgan fingerprint density at radius 2 is 1.59 bits per heavy atom. The van der Waals surface area contributed by atoms with Crippen LogP contribution in [0.2, 0.25) is 5.02 Å². The van der Waals surface area contributed by atoms with Crippen molar-refractivity contribution in [2.75, 3.05) is 10.8 Å². The molecule has 0 heterocycles. The third-order valence-electron chi connectivity index (χ3n) is 6.86. The number of carbonyl (C=O) groups is 2. The van der Waals surface area contributed by atoms with Gasteiger partial charge in [0.05, 0.1) is 10.6 Å². The molecule has 1 aliphatic rings. The summed E-state index contributed by atoms with van der Waals surface area (Å²) in [4.78, 5) is 28.4. The zero-order valence-corrected chi connectivity index (χ0v) is 23.2. The minimum Gasteiger partial charge on any atom is -0.352 e. The second-order valence-corrected chi connectivity index (χ2v) is 11.9. The largest absolute Gasteiger partial charge is 0.352 e. The Kier molecular flexibility index (Phi) is 9.24. The van der Waals surface area contributed by atoms with Crippen molar-refractivity contribution in [3.8, 4) is 0 Å². The van der Waals surface area contributed by atoms with Crippen molar-refractivity contribution in [2.24, 2.45) is 0 Å². The number of amides is 2. The highest BCUT2D eigenvalue weighted by molar-refractivity contribution is 7.92. The summed E-state index contributed by atoms with van der Waals surface area (Å²) < 4.78 is 42.0. The highest BCUT2D eigenvalue weighted by Crippen LogP contribution is 2.26. The number of rotatable bonds is 10. The Morgan fingerprint density at radius 1 is 0.974 bits per heavy atom. The number of nitrogens with zero attached hydrogens (tertiary/aromatic N) is 2. The fourth-order valence-electron chi connectivity index (χ4n) is 4.62. The van der Waals surface area contributed by atoms with E-state index in [0.29, 0.717) is 10.6 Å². The van der Waals surface area contributed by atoms with Gasteiger partial charge < -0.3 is 10.2 Å². The van der Waals surface area contributed by atoms with Crippen LogP contribution in [0.25, 0.3) is 0 Å². The van der Waals surface area contributed by atoms with E-state index >= 15 is 0 Å². The van der Waals surface area contributed by atoms with Crippen LogP contribution in [0, 0.1) is 5.82 Å². The molecule has 0 spiro atoms. The second-order valence-electron chi connectivity index (χ2n) is 9.62. The van der Waals surface area contributed by atoms with Gasteiger partial charge in [-0.3, -0.25) is 13.9 Å². The molecule has 1 atom stereocenters. The molecule has 0 saturated heterocycles. The third kappa shape index (κ3) is 7.16. The molecule has 206 valence electrons. The minimum absolute atomic E-state index is 0.00178. The topological polar surface area (TPSA) is 86.8 Å². The van der Waals surface area contributed by atoms with Gasteiger partial charge in [-0.1, -0.05) is 54.8 Å². The first-order chi connectivity index (χ1) is 18.6. The fourth-order valence-corrected chi connectivity index (χ4v) is 6.18. The number of benzene rings is 3. The molecule has 1 saturated carbocycles. The van der Waals surface area contributed by atoms with Crippen molar-refractivity contribution >= 4 is 39.1 Å². The summed E-state index contributed by atoms with van der Waals surface area (Å²) in [6.07, 6.45) is 3.82. The molecule has 4 rings (SSSR count). The van der Waals surface area contributed by atoms with Crippen LogP contribution in [-0.4, -0.2) is 43.8 Å². The summed E-state index contributed by atoms with van der Waals surface area (Å²) in [5.74, 6) is -1.32. The lowest BCUT2D eigenvalue weighted by atomic mass is 10.1. The van der Waals surface area contributed by atoms with Gasteiger partial charge >= 0.3 is 0 Å². The van der Waals surface area contributed by atoms with Crippen LogP contribution in [0.5, 0.6) is 0 Å². The zero-order valence-electron chi connectivity index (χ0n) is 21.6. The van der Waals surface area contributed by atoms with Crippen LogP contribution < -0.4 is 9.62 Å². The summed E-state index contributed by atoms with van der Waals surface area (Å²) in [5.41, 5.74) is 0.857. The first kappa shape index (κ1) is 28.6. The fraction of sp³-hybridized carbons (Fsp3) is 0.310. The highest BCUT2D eigenvalue weighted by atomic mass is 35.5. The first-order valence-electron chi connectivity index (χ1n) is 12.8. The molecule has 0 aromatic heterocycles. The average molecular weight is 572 g/mol. The predicted octanol–water partition coefficient (Wildman–Crippen LogP) is 5.15. The molecule has 10 heteroatoms. The number of carbonyl (C=O) groups excluding carboxylic acids is 2. The highest BCUT2D eigenvalue weighted by Gasteiger charge is 2.33. The number of halogens is 2. The molecule has 3 aromatic rings. The van der Waals surface area contributed by atoms with Crippen LogP contribution >= 0.6 is 11.6 Å². The summed E-state index contributed by atoms with van der Waals surface area (Å²) in [7, 11) is -4.15. The summed E-state index contributed by atoms with van der Waals surface area (Å²) in [5, 5.41) is 3.43. The Bertz CT molecular complexity index is 1380.